The number of hydrogen-bond acceptors (Lipinski definition) is 2. The first-order valence-electron chi connectivity index (χ1n) is 6.95. The Labute approximate surface area is 129 Å². The molecule has 0 bridgehead atoms. The number of hydrogen-bond donors (Lipinski definition) is 2. The molecule has 0 unspecified atom stereocenters. The van der Waals surface area contributed by atoms with Gasteiger partial charge in [-0.3, -0.25) is 9.59 Å². The van der Waals surface area contributed by atoms with Crippen molar-refractivity contribution in [1.29, 1.82) is 0 Å². The molecule has 2 amide bonds. The van der Waals surface area contributed by atoms with Crippen LogP contribution in [0.25, 0.3) is 0 Å². The zero-order valence-corrected chi connectivity index (χ0v) is 12.7. The molecule has 1 aromatic carbocycles. The zero-order valence-electron chi connectivity index (χ0n) is 11.9. The van der Waals surface area contributed by atoms with Gasteiger partial charge in [-0.15, -0.1) is 0 Å². The topological polar surface area (TPSA) is 72.2 Å². The lowest BCUT2D eigenvalue weighted by molar-refractivity contribution is -0.131. The van der Waals surface area contributed by atoms with E-state index < -0.39 is 11.4 Å². The highest BCUT2D eigenvalue weighted by atomic mass is 35.5. The second kappa shape index (κ2) is 6.31. The highest BCUT2D eigenvalue weighted by molar-refractivity contribution is 6.30. The Morgan fingerprint density at radius 2 is 2.24 bits per heavy atom. The molecule has 1 aliphatic rings. The van der Waals surface area contributed by atoms with Gasteiger partial charge in [-0.1, -0.05) is 35.9 Å². The maximum Gasteiger partial charge on any atom is 0.247 e. The summed E-state index contributed by atoms with van der Waals surface area (Å²) < 4.78 is 0. The maximum absolute atomic E-state index is 12.2. The van der Waals surface area contributed by atoms with E-state index in [1.54, 1.807) is 31.2 Å². The molecule has 4 nitrogen and oxygen atoms in total. The Kier molecular flexibility index (Phi) is 4.68. The number of carbonyl (C=O) groups is 2. The van der Waals surface area contributed by atoms with Crippen LogP contribution in [-0.2, 0) is 15.1 Å². The quantitative estimate of drug-likeness (QED) is 0.820. The van der Waals surface area contributed by atoms with Crippen molar-refractivity contribution in [1.82, 2.24) is 5.32 Å². The van der Waals surface area contributed by atoms with E-state index in [0.29, 0.717) is 17.0 Å². The fraction of sp³-hybridized carbons (Fsp3) is 0.375. The lowest BCUT2D eigenvalue weighted by Gasteiger charge is -2.28. The molecule has 0 aromatic heterocycles. The standard InChI is InChI=1S/C16H19ClN2O2/c1-16(15(18)21,12-7-4-8-13(17)10-12)19-14(20)9-11-5-2-3-6-11/h2,4-5,7-8,10-11H,3,6,9H2,1H3,(H2,18,21)(H,19,20)/t11-,16-/m1/s1. The minimum absolute atomic E-state index is 0.187. The summed E-state index contributed by atoms with van der Waals surface area (Å²) in [5, 5.41) is 3.25. The first-order valence-corrected chi connectivity index (χ1v) is 7.33. The number of benzene rings is 1. The summed E-state index contributed by atoms with van der Waals surface area (Å²) in [6, 6.07) is 6.80. The third-order valence-corrected chi connectivity index (χ3v) is 4.08. The Morgan fingerprint density at radius 1 is 1.48 bits per heavy atom. The third-order valence-electron chi connectivity index (χ3n) is 3.84. The Morgan fingerprint density at radius 3 is 2.81 bits per heavy atom. The van der Waals surface area contributed by atoms with Crippen molar-refractivity contribution in [2.75, 3.05) is 0 Å². The first kappa shape index (κ1) is 15.6. The van der Waals surface area contributed by atoms with E-state index in [2.05, 4.69) is 11.4 Å². The van der Waals surface area contributed by atoms with Crippen LogP contribution in [0.4, 0.5) is 0 Å². The van der Waals surface area contributed by atoms with Crippen molar-refractivity contribution >= 4 is 23.4 Å². The molecule has 1 aliphatic carbocycles. The predicted molar refractivity (Wildman–Crippen MR) is 82.6 cm³/mol. The van der Waals surface area contributed by atoms with E-state index in [-0.39, 0.29) is 11.8 Å². The van der Waals surface area contributed by atoms with Crippen LogP contribution in [0.3, 0.4) is 0 Å². The number of amides is 2. The van der Waals surface area contributed by atoms with Crippen molar-refractivity contribution in [3.8, 4) is 0 Å². The highest BCUT2D eigenvalue weighted by Crippen LogP contribution is 2.25. The predicted octanol–water partition coefficient (Wildman–Crippen LogP) is 2.51. The van der Waals surface area contributed by atoms with Crippen molar-refractivity contribution in [2.45, 2.75) is 31.7 Å². The van der Waals surface area contributed by atoms with Crippen molar-refractivity contribution in [3.63, 3.8) is 0 Å². The fourth-order valence-electron chi connectivity index (χ4n) is 2.51. The fourth-order valence-corrected chi connectivity index (χ4v) is 2.70. The molecule has 2 atom stereocenters. The number of allylic oxidation sites excluding steroid dienone is 2. The zero-order chi connectivity index (χ0) is 15.5. The van der Waals surface area contributed by atoms with Crippen LogP contribution in [0.1, 0.15) is 31.7 Å². The summed E-state index contributed by atoms with van der Waals surface area (Å²) in [6.45, 7) is 1.60. The number of nitrogens with one attached hydrogen (secondary N) is 1. The van der Waals surface area contributed by atoms with Gasteiger partial charge in [0.25, 0.3) is 0 Å². The maximum atomic E-state index is 12.2. The van der Waals surface area contributed by atoms with E-state index in [1.807, 2.05) is 6.08 Å². The highest BCUT2D eigenvalue weighted by Gasteiger charge is 2.35. The van der Waals surface area contributed by atoms with Crippen LogP contribution in [0.5, 0.6) is 0 Å². The number of nitrogens with two attached hydrogens (primary N) is 1. The van der Waals surface area contributed by atoms with Crippen LogP contribution >= 0.6 is 11.6 Å². The van der Waals surface area contributed by atoms with E-state index >= 15 is 0 Å². The molecule has 0 radical (unpaired) electrons. The molecule has 3 N–H and O–H groups in total. The van der Waals surface area contributed by atoms with Crippen molar-refractivity contribution in [3.05, 3.63) is 47.0 Å². The summed E-state index contributed by atoms with van der Waals surface area (Å²) in [4.78, 5) is 24.0. The van der Waals surface area contributed by atoms with E-state index in [9.17, 15) is 9.59 Å². The van der Waals surface area contributed by atoms with Gasteiger partial charge in [-0.25, -0.2) is 0 Å². The lowest BCUT2D eigenvalue weighted by atomic mass is 9.90. The molecule has 2 rings (SSSR count). The van der Waals surface area contributed by atoms with Gasteiger partial charge in [-0.05, 0) is 43.4 Å². The summed E-state index contributed by atoms with van der Waals surface area (Å²) in [5.41, 5.74) is 4.82. The molecule has 0 saturated heterocycles. The lowest BCUT2D eigenvalue weighted by Crippen LogP contribution is -2.53. The van der Waals surface area contributed by atoms with Crippen LogP contribution in [0.2, 0.25) is 5.02 Å². The molecule has 1 aromatic rings. The molecule has 0 aliphatic heterocycles. The average molecular weight is 307 g/mol. The van der Waals surface area contributed by atoms with Crippen molar-refractivity contribution < 1.29 is 9.59 Å². The monoisotopic (exact) mass is 306 g/mol. The minimum atomic E-state index is -1.26. The van der Waals surface area contributed by atoms with Gasteiger partial charge < -0.3 is 11.1 Å². The molecular formula is C16H19ClN2O2. The number of halogens is 1. The number of carbonyl (C=O) groups excluding carboxylic acids is 2. The second-order valence-electron chi connectivity index (χ2n) is 5.52. The largest absolute Gasteiger partial charge is 0.367 e. The smallest absolute Gasteiger partial charge is 0.247 e. The normalized spacial score (nSPS) is 20.0. The summed E-state index contributed by atoms with van der Waals surface area (Å²) in [6.07, 6.45) is 6.44. The SMILES string of the molecule is C[C@](NC(=O)C[C@@H]1C=CCC1)(C(N)=O)c1cccc(Cl)c1. The van der Waals surface area contributed by atoms with E-state index in [0.717, 1.165) is 12.8 Å². The van der Waals surface area contributed by atoms with Gasteiger partial charge in [0.2, 0.25) is 11.8 Å². The molecule has 5 heteroatoms. The first-order chi connectivity index (χ1) is 9.91. The van der Waals surface area contributed by atoms with Crippen LogP contribution in [0.15, 0.2) is 36.4 Å². The summed E-state index contributed by atoms with van der Waals surface area (Å²) in [5.74, 6) is -0.561. The van der Waals surface area contributed by atoms with Gasteiger partial charge >= 0.3 is 0 Å². The Balaban J connectivity index is 2.16. The second-order valence-corrected chi connectivity index (χ2v) is 5.95. The number of primary amides is 1. The Bertz CT molecular complexity index is 585. The van der Waals surface area contributed by atoms with E-state index in [1.165, 1.54) is 0 Å². The third kappa shape index (κ3) is 3.64. The minimum Gasteiger partial charge on any atom is -0.367 e. The molecule has 0 heterocycles. The molecule has 112 valence electrons. The van der Waals surface area contributed by atoms with Crippen molar-refractivity contribution in [2.24, 2.45) is 11.7 Å². The van der Waals surface area contributed by atoms with Gasteiger partial charge in [0.15, 0.2) is 0 Å². The summed E-state index contributed by atoms with van der Waals surface area (Å²) in [7, 11) is 0. The van der Waals surface area contributed by atoms with Gasteiger partial charge in [-0.2, -0.15) is 0 Å². The van der Waals surface area contributed by atoms with Crippen LogP contribution in [-0.4, -0.2) is 11.8 Å². The van der Waals surface area contributed by atoms with Gasteiger partial charge in [0, 0.05) is 11.4 Å². The molecule has 0 saturated carbocycles. The molecule has 0 fully saturated rings. The van der Waals surface area contributed by atoms with Gasteiger partial charge in [0.1, 0.15) is 5.54 Å². The van der Waals surface area contributed by atoms with Gasteiger partial charge in [0.05, 0.1) is 0 Å². The Hall–Kier alpha value is -1.81. The van der Waals surface area contributed by atoms with Crippen LogP contribution in [0, 0.1) is 5.92 Å². The molecular weight excluding hydrogens is 288 g/mol. The number of rotatable bonds is 5. The van der Waals surface area contributed by atoms with Crippen LogP contribution < -0.4 is 11.1 Å². The molecule has 21 heavy (non-hydrogen) atoms. The van der Waals surface area contributed by atoms with E-state index in [4.69, 9.17) is 17.3 Å². The molecule has 0 spiro atoms. The average Bonchev–Trinajstić information content (AvgIpc) is 2.91. The summed E-state index contributed by atoms with van der Waals surface area (Å²) >= 11 is 5.96.